The molecular formula is C23H25BN3O+. The number of rotatable bonds is 8. The summed E-state index contributed by atoms with van der Waals surface area (Å²) >= 11 is 0. The molecule has 0 saturated carbocycles. The number of hydrogen-bond donors (Lipinski definition) is 2. The molecule has 0 aliphatic carbocycles. The van der Waals surface area contributed by atoms with Crippen LogP contribution in [0, 0.1) is 6.92 Å². The number of aromatic nitrogens is 1. The van der Waals surface area contributed by atoms with Gasteiger partial charge in [-0.2, -0.15) is 0 Å². The summed E-state index contributed by atoms with van der Waals surface area (Å²) in [6.45, 7) is 6.81. The Balaban J connectivity index is 1.82. The Morgan fingerprint density at radius 2 is 2.07 bits per heavy atom. The highest BCUT2D eigenvalue weighted by molar-refractivity contribution is 6.01. The van der Waals surface area contributed by atoms with Gasteiger partial charge in [-0.05, 0) is 55.3 Å². The van der Waals surface area contributed by atoms with Crippen LogP contribution < -0.4 is 10.5 Å². The molecule has 140 valence electrons. The van der Waals surface area contributed by atoms with E-state index < -0.39 is 0 Å². The number of benzene rings is 1. The van der Waals surface area contributed by atoms with Crippen molar-refractivity contribution in [1.29, 1.82) is 0 Å². The van der Waals surface area contributed by atoms with Crippen molar-refractivity contribution in [1.82, 2.24) is 4.98 Å². The van der Waals surface area contributed by atoms with Gasteiger partial charge in [0.1, 0.15) is 18.6 Å². The minimum Gasteiger partial charge on any atom is -0.490 e. The Morgan fingerprint density at radius 3 is 2.71 bits per heavy atom. The average molecular weight is 370 g/mol. The molecule has 1 aromatic heterocycles. The topological polar surface area (TPSA) is 54.0 Å². The van der Waals surface area contributed by atoms with Crippen molar-refractivity contribution in [3.63, 3.8) is 0 Å². The lowest BCUT2D eigenvalue weighted by Crippen LogP contribution is -2.09. The number of aryl methyl sites for hydroxylation is 1. The fourth-order valence-electron chi connectivity index (χ4n) is 3.18. The van der Waals surface area contributed by atoms with Crippen LogP contribution in [0.1, 0.15) is 28.9 Å². The van der Waals surface area contributed by atoms with Crippen LogP contribution in [-0.4, -0.2) is 36.8 Å². The molecule has 0 amide bonds. The maximum atomic E-state index is 6.05. The van der Waals surface area contributed by atoms with Gasteiger partial charge in [0.25, 0.3) is 0 Å². The summed E-state index contributed by atoms with van der Waals surface area (Å²) < 4.78 is 7.15. The van der Waals surface area contributed by atoms with Gasteiger partial charge in [0.15, 0.2) is 5.70 Å². The normalized spacial score (nSPS) is 15.1. The van der Waals surface area contributed by atoms with Gasteiger partial charge in [-0.15, -0.1) is 0 Å². The molecule has 0 saturated heterocycles. The Bertz CT molecular complexity index is 962. The lowest BCUT2D eigenvalue weighted by Gasteiger charge is -2.07. The van der Waals surface area contributed by atoms with Gasteiger partial charge in [-0.3, -0.25) is 4.49 Å². The summed E-state index contributed by atoms with van der Waals surface area (Å²) in [5.41, 5.74) is 12.3. The van der Waals surface area contributed by atoms with E-state index >= 15 is 0 Å². The number of aromatic amines is 1. The lowest BCUT2D eigenvalue weighted by atomic mass is 10.0. The summed E-state index contributed by atoms with van der Waals surface area (Å²) in [5.74, 6) is 0.834. The molecular weight excluding hydrogens is 345 g/mol. The largest absolute Gasteiger partial charge is 0.586 e. The maximum Gasteiger partial charge on any atom is 0.586 e. The van der Waals surface area contributed by atoms with Crippen molar-refractivity contribution in [3.05, 3.63) is 83.4 Å². The predicted molar refractivity (Wildman–Crippen MR) is 118 cm³/mol. The van der Waals surface area contributed by atoms with Crippen molar-refractivity contribution in [2.45, 2.75) is 13.3 Å². The highest BCUT2D eigenvalue weighted by atomic mass is 16.5. The molecule has 1 aliphatic heterocycles. The van der Waals surface area contributed by atoms with Crippen LogP contribution in [-0.2, 0) is 0 Å². The monoisotopic (exact) mass is 370 g/mol. The summed E-state index contributed by atoms with van der Waals surface area (Å²) in [4.78, 5) is 3.51. The molecule has 2 aromatic rings. The van der Waals surface area contributed by atoms with E-state index in [0.717, 1.165) is 46.0 Å². The fourth-order valence-corrected chi connectivity index (χ4v) is 3.18. The molecule has 0 bridgehead atoms. The first-order chi connectivity index (χ1) is 13.6. The lowest BCUT2D eigenvalue weighted by molar-refractivity contribution is -0.294. The van der Waals surface area contributed by atoms with Crippen LogP contribution in [0.2, 0.25) is 0 Å². The molecule has 0 atom stereocenters. The average Bonchev–Trinajstić information content (AvgIpc) is 3.29. The highest BCUT2D eigenvalue weighted by Crippen LogP contribution is 2.27. The van der Waals surface area contributed by atoms with Gasteiger partial charge < -0.3 is 15.5 Å². The molecule has 0 spiro atoms. The van der Waals surface area contributed by atoms with Crippen LogP contribution >= 0.6 is 0 Å². The van der Waals surface area contributed by atoms with Crippen LogP contribution in [0.5, 0.6) is 5.75 Å². The van der Waals surface area contributed by atoms with Gasteiger partial charge in [0, 0.05) is 23.4 Å². The Labute approximate surface area is 167 Å². The first-order valence-electron chi connectivity index (χ1n) is 9.33. The number of ether oxygens (including phenoxy) is 1. The van der Waals surface area contributed by atoms with Crippen LogP contribution in [0.4, 0.5) is 0 Å². The molecule has 0 unspecified atom stereocenters. The van der Waals surface area contributed by atoms with E-state index in [2.05, 4.69) is 36.7 Å². The van der Waals surface area contributed by atoms with E-state index in [1.807, 2.05) is 42.6 Å². The maximum absolute atomic E-state index is 6.05. The quantitative estimate of drug-likeness (QED) is 0.548. The third-order valence-electron chi connectivity index (χ3n) is 4.52. The van der Waals surface area contributed by atoms with Crippen LogP contribution in [0.25, 0.3) is 17.7 Å². The Kier molecular flexibility index (Phi) is 6.51. The fraction of sp³-hybridized carbons (Fsp3) is 0.174. The van der Waals surface area contributed by atoms with E-state index in [1.54, 1.807) is 10.6 Å². The van der Waals surface area contributed by atoms with E-state index in [0.29, 0.717) is 13.2 Å². The van der Waals surface area contributed by atoms with Crippen LogP contribution in [0.15, 0.2) is 60.8 Å². The molecule has 1 aliphatic rings. The van der Waals surface area contributed by atoms with Crippen molar-refractivity contribution in [2.24, 2.45) is 5.73 Å². The number of allylic oxidation sites excluding steroid dienone is 2. The first-order valence-corrected chi connectivity index (χ1v) is 9.33. The summed E-state index contributed by atoms with van der Waals surface area (Å²) in [7, 11) is 6.05. The van der Waals surface area contributed by atoms with Gasteiger partial charge in [-0.1, -0.05) is 30.9 Å². The first kappa shape index (κ1) is 19.7. The van der Waals surface area contributed by atoms with Gasteiger partial charge in [0.05, 0.1) is 5.69 Å². The van der Waals surface area contributed by atoms with E-state index in [-0.39, 0.29) is 0 Å². The number of nitrogens with one attached hydrogen (secondary N) is 1. The smallest absolute Gasteiger partial charge is 0.490 e. The van der Waals surface area contributed by atoms with Gasteiger partial charge in [-0.25, -0.2) is 0 Å². The van der Waals surface area contributed by atoms with E-state index in [9.17, 15) is 0 Å². The van der Waals surface area contributed by atoms with Crippen molar-refractivity contribution < 1.29 is 9.22 Å². The Morgan fingerprint density at radius 1 is 1.29 bits per heavy atom. The van der Waals surface area contributed by atoms with Gasteiger partial charge in [0.2, 0.25) is 0 Å². The van der Waals surface area contributed by atoms with Gasteiger partial charge >= 0.3 is 7.98 Å². The second kappa shape index (κ2) is 9.24. The van der Waals surface area contributed by atoms with Crippen molar-refractivity contribution >= 4 is 31.9 Å². The van der Waals surface area contributed by atoms with Crippen molar-refractivity contribution in [2.75, 3.05) is 13.2 Å². The minimum absolute atomic E-state index is 0.507. The third-order valence-corrected chi connectivity index (χ3v) is 4.52. The summed E-state index contributed by atoms with van der Waals surface area (Å²) in [6, 6.07) is 10.1. The molecule has 3 rings (SSSR count). The molecule has 2 radical (unpaired) electrons. The Hall–Kier alpha value is -3.05. The second-order valence-corrected chi connectivity index (χ2v) is 6.60. The molecule has 4 nitrogen and oxygen atoms in total. The summed E-state index contributed by atoms with van der Waals surface area (Å²) in [5, 5.41) is 0. The molecule has 5 heteroatoms. The molecule has 1 aromatic carbocycles. The summed E-state index contributed by atoms with van der Waals surface area (Å²) in [6.07, 6.45) is 12.4. The zero-order chi connectivity index (χ0) is 19.9. The van der Waals surface area contributed by atoms with E-state index in [1.165, 1.54) is 0 Å². The standard InChI is InChI=1S/C23H25BN3O/c1-3-15-28-20-10-7-18(8-11-20)6-9-19-16-17(2)23(26-19)21(12-13-25)22-5-4-14-27(22)24/h3-11,14,16,26H,1,12-13,15,25H2,2H3/q+1/b9-6+. The molecule has 3 N–H and O–H groups in total. The van der Waals surface area contributed by atoms with Crippen LogP contribution in [0.3, 0.4) is 0 Å². The second-order valence-electron chi connectivity index (χ2n) is 6.60. The number of nitrogens with two attached hydrogens (primary N) is 1. The zero-order valence-electron chi connectivity index (χ0n) is 16.2. The minimum atomic E-state index is 0.507. The number of hydrogen-bond acceptors (Lipinski definition) is 2. The predicted octanol–water partition coefficient (Wildman–Crippen LogP) is 3.85. The van der Waals surface area contributed by atoms with E-state index in [4.69, 9.17) is 18.5 Å². The molecule has 28 heavy (non-hydrogen) atoms. The SMILES string of the molecule is [B][N+]1=CC=CC1=C(CCN)c1[nH]c(/C=C/c2ccc(OCC=C)cc2)cc1C. The highest BCUT2D eigenvalue weighted by Gasteiger charge is 2.20. The zero-order valence-corrected chi connectivity index (χ0v) is 16.2. The number of nitrogens with zero attached hydrogens (tertiary/aromatic N) is 1. The molecule has 0 fully saturated rings. The number of H-pyrrole nitrogens is 1. The third kappa shape index (κ3) is 4.62. The molecule has 2 heterocycles. The van der Waals surface area contributed by atoms with Crippen molar-refractivity contribution in [3.8, 4) is 5.75 Å².